The summed E-state index contributed by atoms with van der Waals surface area (Å²) in [6.07, 6.45) is 1.87. The number of carbonyl (C=O) groups is 1. The number of likely N-dealkylation sites (tertiary alicyclic amines) is 1. The highest BCUT2D eigenvalue weighted by atomic mass is 32.2. The second-order valence-electron chi connectivity index (χ2n) is 12.6. The molecular weight excluding hydrogens is 556 g/mol. The maximum atomic E-state index is 15.1. The molecule has 1 amide bonds. The van der Waals surface area contributed by atoms with Crippen molar-refractivity contribution in [2.24, 2.45) is 5.92 Å². The highest BCUT2D eigenvalue weighted by molar-refractivity contribution is 7.90. The van der Waals surface area contributed by atoms with Crippen molar-refractivity contribution in [2.45, 2.75) is 50.5 Å². The third-order valence-corrected chi connectivity index (χ3v) is 11.1. The number of benzene rings is 3. The van der Waals surface area contributed by atoms with E-state index in [4.69, 9.17) is 4.74 Å². The molecule has 1 N–H and O–H groups in total. The lowest BCUT2D eigenvalue weighted by Gasteiger charge is -2.44. The smallest absolute Gasteiger partial charge is 0.267 e. The van der Waals surface area contributed by atoms with E-state index in [0.29, 0.717) is 24.3 Å². The summed E-state index contributed by atoms with van der Waals surface area (Å²) < 4.78 is 48.3. The van der Waals surface area contributed by atoms with Gasteiger partial charge in [0.05, 0.1) is 18.2 Å². The zero-order chi connectivity index (χ0) is 29.2. The van der Waals surface area contributed by atoms with E-state index in [0.717, 1.165) is 31.5 Å². The molecule has 6 nitrogen and oxygen atoms in total. The summed E-state index contributed by atoms with van der Waals surface area (Å²) in [5.41, 5.74) is 3.01. The molecule has 3 aromatic carbocycles. The fourth-order valence-corrected chi connectivity index (χ4v) is 9.31. The van der Waals surface area contributed by atoms with Crippen LogP contribution in [0.1, 0.15) is 51.8 Å². The van der Waals surface area contributed by atoms with Gasteiger partial charge in [-0.05, 0) is 41.5 Å². The van der Waals surface area contributed by atoms with E-state index in [1.807, 2.05) is 12.1 Å². The molecule has 0 aromatic heterocycles. The van der Waals surface area contributed by atoms with Crippen LogP contribution in [0.3, 0.4) is 0 Å². The molecule has 219 valence electrons. The van der Waals surface area contributed by atoms with Gasteiger partial charge in [0.1, 0.15) is 11.6 Å². The van der Waals surface area contributed by atoms with Crippen LogP contribution in [0, 0.1) is 11.7 Å². The van der Waals surface area contributed by atoms with Crippen LogP contribution in [0.4, 0.5) is 4.39 Å². The van der Waals surface area contributed by atoms with Gasteiger partial charge in [0.2, 0.25) is 10.0 Å². The number of carbonyl (C=O) groups excluding carboxylic acids is 1. The van der Waals surface area contributed by atoms with Crippen LogP contribution in [0.2, 0.25) is 25.7 Å². The average molecular weight is 595 g/mol. The molecule has 0 bridgehead atoms. The van der Waals surface area contributed by atoms with Gasteiger partial charge >= 0.3 is 0 Å². The Kier molecular flexibility index (Phi) is 8.68. The second-order valence-corrected chi connectivity index (χ2v) is 20.0. The van der Waals surface area contributed by atoms with Gasteiger partial charge in [-0.1, -0.05) is 60.7 Å². The Bertz CT molecular complexity index is 1430. The molecule has 1 aliphatic carbocycles. The van der Waals surface area contributed by atoms with Gasteiger partial charge in [-0.2, -0.15) is 19.6 Å². The first kappa shape index (κ1) is 29.5. The fourth-order valence-electron chi connectivity index (χ4n) is 5.29. The number of hydrogen-bond acceptors (Lipinski definition) is 5. The van der Waals surface area contributed by atoms with Crippen molar-refractivity contribution in [1.29, 1.82) is 0 Å². The topological polar surface area (TPSA) is 75.7 Å². The maximum Gasteiger partial charge on any atom is 0.267 e. The highest BCUT2D eigenvalue weighted by Crippen LogP contribution is 2.45. The molecule has 1 heterocycles. The third-order valence-electron chi connectivity index (χ3n) is 7.79. The van der Waals surface area contributed by atoms with Crippen molar-refractivity contribution in [3.05, 3.63) is 101 Å². The lowest BCUT2D eigenvalue weighted by molar-refractivity contribution is 0.0375. The third kappa shape index (κ3) is 7.64. The van der Waals surface area contributed by atoms with Crippen molar-refractivity contribution in [2.75, 3.05) is 25.4 Å². The predicted molar refractivity (Wildman–Crippen MR) is 163 cm³/mol. The number of amides is 1. The Morgan fingerprint density at radius 1 is 1.00 bits per heavy atom. The van der Waals surface area contributed by atoms with E-state index in [1.165, 1.54) is 23.3 Å². The van der Waals surface area contributed by atoms with Gasteiger partial charge in [-0.3, -0.25) is 9.69 Å². The molecule has 2 aliphatic rings. The van der Waals surface area contributed by atoms with Crippen molar-refractivity contribution in [1.82, 2.24) is 9.62 Å². The Morgan fingerprint density at radius 3 is 2.12 bits per heavy atom. The molecule has 1 saturated heterocycles. The van der Waals surface area contributed by atoms with E-state index in [-0.39, 0.29) is 23.3 Å². The number of sulfonamides is 1. The van der Waals surface area contributed by atoms with Gasteiger partial charge in [0.15, 0.2) is 0 Å². The SMILES string of the molecule is C[Si-](C)(C)CCS(=O)(=O)NC(=O)c1cc(C2CC2)c(OCC2CN(C(c3ccccc3)c3ccccc3)C2)cc1F. The van der Waals surface area contributed by atoms with E-state index in [2.05, 4.69) is 77.8 Å². The first-order chi connectivity index (χ1) is 19.5. The fraction of sp³-hybridized carbons (Fsp3) is 0.406. The number of hydrogen-bond donors (Lipinski definition) is 1. The van der Waals surface area contributed by atoms with Crippen molar-refractivity contribution in [3.63, 3.8) is 0 Å². The van der Waals surface area contributed by atoms with Crippen LogP contribution in [-0.2, 0) is 10.0 Å². The van der Waals surface area contributed by atoms with Crippen LogP contribution >= 0.6 is 0 Å². The van der Waals surface area contributed by atoms with Crippen molar-refractivity contribution < 1.29 is 22.3 Å². The zero-order valence-corrected chi connectivity index (χ0v) is 25.8. The quantitative estimate of drug-likeness (QED) is 0.253. The molecule has 1 aliphatic heterocycles. The molecule has 3 aromatic rings. The molecule has 9 heteroatoms. The summed E-state index contributed by atoms with van der Waals surface area (Å²) in [6.45, 7) is 8.35. The van der Waals surface area contributed by atoms with Crippen LogP contribution in [-0.4, -0.2) is 52.7 Å². The molecule has 2 fully saturated rings. The summed E-state index contributed by atoms with van der Waals surface area (Å²) >= 11 is 0. The highest BCUT2D eigenvalue weighted by Gasteiger charge is 2.35. The van der Waals surface area contributed by atoms with Gasteiger partial charge in [-0.25, -0.2) is 17.5 Å². The van der Waals surface area contributed by atoms with Gasteiger partial charge in [0.25, 0.3) is 5.91 Å². The lowest BCUT2D eigenvalue weighted by Crippen LogP contribution is -2.51. The number of nitrogens with one attached hydrogen (secondary N) is 1. The Morgan fingerprint density at radius 2 is 1.59 bits per heavy atom. The van der Waals surface area contributed by atoms with Gasteiger partial charge in [-0.15, -0.1) is 14.1 Å². The second kappa shape index (κ2) is 12.1. The Labute approximate surface area is 244 Å². The minimum Gasteiger partial charge on any atom is -0.493 e. The largest absolute Gasteiger partial charge is 0.493 e. The molecule has 1 saturated carbocycles. The number of nitrogens with zero attached hydrogens (tertiary/aromatic N) is 1. The van der Waals surface area contributed by atoms with Gasteiger partial charge < -0.3 is 4.74 Å². The summed E-state index contributed by atoms with van der Waals surface area (Å²) in [5.74, 6) is -0.900. The Hall–Kier alpha value is -3.01. The molecule has 0 spiro atoms. The van der Waals surface area contributed by atoms with Crippen LogP contribution < -0.4 is 9.46 Å². The maximum absolute atomic E-state index is 15.1. The van der Waals surface area contributed by atoms with Gasteiger partial charge in [0, 0.05) is 30.8 Å². The summed E-state index contributed by atoms with van der Waals surface area (Å²) in [6, 6.07) is 24.3. The zero-order valence-electron chi connectivity index (χ0n) is 24.0. The van der Waals surface area contributed by atoms with Crippen molar-refractivity contribution in [3.8, 4) is 5.75 Å². The summed E-state index contributed by atoms with van der Waals surface area (Å²) in [5, 5.41) is 0. The van der Waals surface area contributed by atoms with Crippen LogP contribution in [0.5, 0.6) is 5.75 Å². The molecule has 0 radical (unpaired) electrons. The van der Waals surface area contributed by atoms with Crippen molar-refractivity contribution >= 4 is 24.0 Å². The monoisotopic (exact) mass is 594 g/mol. The number of halogens is 1. The molecule has 0 unspecified atom stereocenters. The van der Waals surface area contributed by atoms with Crippen LogP contribution in [0.15, 0.2) is 72.8 Å². The lowest BCUT2D eigenvalue weighted by atomic mass is 9.90. The normalized spacial score (nSPS) is 16.4. The minimum atomic E-state index is -3.84. The first-order valence-electron chi connectivity index (χ1n) is 14.3. The van der Waals surface area contributed by atoms with E-state index < -0.39 is 29.8 Å². The Balaban J connectivity index is 1.24. The number of ether oxygens (including phenoxy) is 1. The molecule has 0 atom stereocenters. The average Bonchev–Trinajstić information content (AvgIpc) is 3.75. The minimum absolute atomic E-state index is 0.138. The number of rotatable bonds is 12. The van der Waals surface area contributed by atoms with E-state index >= 15 is 4.39 Å². The van der Waals surface area contributed by atoms with Crippen LogP contribution in [0.25, 0.3) is 0 Å². The van der Waals surface area contributed by atoms with E-state index in [9.17, 15) is 13.2 Å². The van der Waals surface area contributed by atoms with E-state index in [1.54, 1.807) is 0 Å². The molecule has 41 heavy (non-hydrogen) atoms. The standard InChI is InChI=1S/C32H39FN2O4SSi/c1-41(2,3)17-16-40(37,38)34-32(36)28-18-27(24-14-15-24)30(19-29(28)33)39-22-23-20-35(21-23)31(25-10-6-4-7-11-25)26-12-8-5-9-13-26/h4-13,18-19,23-24,31H,14-17,20-22H2,1-3H3,(H,34,36)/q-1. The molecular formula is C32H39FN2O4SSi-. The first-order valence-corrected chi connectivity index (χ1v) is 19.7. The molecule has 5 rings (SSSR count). The predicted octanol–water partition coefficient (Wildman–Crippen LogP) is 6.20. The summed E-state index contributed by atoms with van der Waals surface area (Å²) in [4.78, 5) is 15.2. The summed E-state index contributed by atoms with van der Waals surface area (Å²) in [7, 11) is -5.46.